The fraction of sp³-hybridized carbons (Fsp3) is 0.185. The van der Waals surface area contributed by atoms with Crippen LogP contribution in [-0.4, -0.2) is 43.4 Å². The Morgan fingerprint density at radius 3 is 2.08 bits per heavy atom. The molecular formula is C27H26N4O5S2. The maximum absolute atomic E-state index is 12.8. The molecule has 38 heavy (non-hydrogen) atoms. The van der Waals surface area contributed by atoms with Crippen LogP contribution in [0.4, 0.5) is 5.69 Å². The molecule has 0 aliphatic heterocycles. The van der Waals surface area contributed by atoms with Gasteiger partial charge in [-0.1, -0.05) is 38.1 Å². The van der Waals surface area contributed by atoms with E-state index in [2.05, 4.69) is 20.0 Å². The van der Waals surface area contributed by atoms with Crippen LogP contribution in [-0.2, 0) is 19.6 Å². The van der Waals surface area contributed by atoms with Gasteiger partial charge < -0.3 is 10.1 Å². The highest BCUT2D eigenvalue weighted by Gasteiger charge is 2.29. The third kappa shape index (κ3) is 6.31. The molecule has 0 radical (unpaired) electrons. The molecule has 0 fully saturated rings. The number of aromatic nitrogens is 2. The standard InChI is InChI=1S/C27H26N4O5S2/c1-17(2)24(27(33)36-3)31-38(34,35)22-10-6-19(7-11-22)18-4-8-21(9-5-18)29-25(32)23-16-37-26(30-23)20-12-14-28-15-13-20/h4-17,24,31H,1-3H3,(H,29,32)/t24-/m0/s1. The van der Waals surface area contributed by atoms with Gasteiger partial charge in [0.05, 0.1) is 12.0 Å². The summed E-state index contributed by atoms with van der Waals surface area (Å²) in [6, 6.07) is 16.2. The molecule has 0 aliphatic carbocycles. The van der Waals surface area contributed by atoms with Crippen molar-refractivity contribution in [1.82, 2.24) is 14.7 Å². The first-order chi connectivity index (χ1) is 18.2. The highest BCUT2D eigenvalue weighted by atomic mass is 32.2. The Kier molecular flexibility index (Phi) is 8.30. The number of amides is 1. The normalized spacial score (nSPS) is 12.2. The summed E-state index contributed by atoms with van der Waals surface area (Å²) in [6.45, 7) is 3.46. The zero-order valence-electron chi connectivity index (χ0n) is 20.9. The lowest BCUT2D eigenvalue weighted by atomic mass is 10.1. The number of hydrogen-bond acceptors (Lipinski definition) is 8. The van der Waals surface area contributed by atoms with Crippen molar-refractivity contribution in [1.29, 1.82) is 0 Å². The predicted octanol–water partition coefficient (Wildman–Crippen LogP) is 4.60. The molecule has 9 nitrogen and oxygen atoms in total. The molecule has 11 heteroatoms. The number of esters is 1. The topological polar surface area (TPSA) is 127 Å². The summed E-state index contributed by atoms with van der Waals surface area (Å²) in [6.07, 6.45) is 3.35. The second kappa shape index (κ2) is 11.6. The average Bonchev–Trinajstić information content (AvgIpc) is 3.43. The van der Waals surface area contributed by atoms with Crippen LogP contribution in [0, 0.1) is 5.92 Å². The number of sulfonamides is 1. The quantitative estimate of drug-likeness (QED) is 0.292. The largest absolute Gasteiger partial charge is 0.468 e. The predicted molar refractivity (Wildman–Crippen MR) is 146 cm³/mol. The number of anilines is 1. The van der Waals surface area contributed by atoms with Crippen LogP contribution in [0.2, 0.25) is 0 Å². The van der Waals surface area contributed by atoms with Crippen LogP contribution in [0.3, 0.4) is 0 Å². The summed E-state index contributed by atoms with van der Waals surface area (Å²) in [4.78, 5) is 33.0. The number of rotatable bonds is 9. The monoisotopic (exact) mass is 550 g/mol. The molecule has 2 aromatic carbocycles. The van der Waals surface area contributed by atoms with Crippen LogP contribution in [0.15, 0.2) is 83.3 Å². The number of ether oxygens (including phenoxy) is 1. The minimum atomic E-state index is -3.93. The molecule has 2 aromatic heterocycles. The van der Waals surface area contributed by atoms with E-state index in [0.717, 1.165) is 21.7 Å². The van der Waals surface area contributed by atoms with E-state index in [4.69, 9.17) is 4.74 Å². The van der Waals surface area contributed by atoms with E-state index in [-0.39, 0.29) is 16.7 Å². The zero-order valence-corrected chi connectivity index (χ0v) is 22.5. The Balaban J connectivity index is 1.42. The summed E-state index contributed by atoms with van der Waals surface area (Å²) in [5.41, 5.74) is 3.44. The SMILES string of the molecule is COC(=O)[C@@H](NS(=O)(=O)c1ccc(-c2ccc(NC(=O)c3csc(-c4ccncc4)n3)cc2)cc1)C(C)C. The summed E-state index contributed by atoms with van der Waals surface area (Å²) < 4.78 is 32.7. The first kappa shape index (κ1) is 27.1. The van der Waals surface area contributed by atoms with Gasteiger partial charge >= 0.3 is 5.97 Å². The molecule has 0 unspecified atom stereocenters. The maximum Gasteiger partial charge on any atom is 0.324 e. The van der Waals surface area contributed by atoms with Crippen molar-refractivity contribution >= 4 is 38.9 Å². The number of thiazole rings is 1. The second-order valence-corrected chi connectivity index (χ2v) is 11.3. The molecule has 4 aromatic rings. The molecule has 2 heterocycles. The minimum absolute atomic E-state index is 0.0362. The third-order valence-electron chi connectivity index (χ3n) is 5.71. The Bertz CT molecular complexity index is 1520. The van der Waals surface area contributed by atoms with Crippen molar-refractivity contribution in [3.8, 4) is 21.7 Å². The molecule has 4 rings (SSSR count). The van der Waals surface area contributed by atoms with Gasteiger partial charge in [0.15, 0.2) is 0 Å². The van der Waals surface area contributed by atoms with E-state index >= 15 is 0 Å². The summed E-state index contributed by atoms with van der Waals surface area (Å²) in [5, 5.41) is 5.28. The second-order valence-electron chi connectivity index (χ2n) is 8.70. The number of nitrogens with one attached hydrogen (secondary N) is 2. The third-order valence-corrected chi connectivity index (χ3v) is 8.06. The number of carbonyl (C=O) groups is 2. The van der Waals surface area contributed by atoms with Gasteiger partial charge in [-0.2, -0.15) is 4.72 Å². The molecule has 0 bridgehead atoms. The van der Waals surface area contributed by atoms with Crippen molar-refractivity contribution < 1.29 is 22.7 Å². The molecule has 2 N–H and O–H groups in total. The number of nitrogens with zero attached hydrogens (tertiary/aromatic N) is 2. The van der Waals surface area contributed by atoms with E-state index in [1.807, 2.05) is 24.3 Å². The van der Waals surface area contributed by atoms with E-state index < -0.39 is 22.0 Å². The molecule has 196 valence electrons. The van der Waals surface area contributed by atoms with Crippen molar-refractivity contribution in [3.05, 3.63) is 84.1 Å². The van der Waals surface area contributed by atoms with Gasteiger partial charge in [0.25, 0.3) is 5.91 Å². The Morgan fingerprint density at radius 1 is 0.895 bits per heavy atom. The smallest absolute Gasteiger partial charge is 0.324 e. The van der Waals surface area contributed by atoms with Crippen LogP contribution >= 0.6 is 11.3 Å². The van der Waals surface area contributed by atoms with Gasteiger partial charge in [-0.25, -0.2) is 13.4 Å². The number of methoxy groups -OCH3 is 1. The van der Waals surface area contributed by atoms with E-state index in [0.29, 0.717) is 11.4 Å². The van der Waals surface area contributed by atoms with E-state index in [1.165, 1.54) is 30.6 Å². The molecular weight excluding hydrogens is 524 g/mol. The van der Waals surface area contributed by atoms with Gasteiger partial charge in [-0.05, 0) is 53.4 Å². The Labute approximate surface area is 225 Å². The van der Waals surface area contributed by atoms with Gasteiger partial charge in [-0.15, -0.1) is 11.3 Å². The van der Waals surface area contributed by atoms with Crippen molar-refractivity contribution in [3.63, 3.8) is 0 Å². The zero-order chi connectivity index (χ0) is 27.3. The van der Waals surface area contributed by atoms with E-state index in [1.54, 1.807) is 55.9 Å². The lowest BCUT2D eigenvalue weighted by molar-refractivity contribution is -0.143. The highest BCUT2D eigenvalue weighted by Crippen LogP contribution is 2.25. The summed E-state index contributed by atoms with van der Waals surface area (Å²) in [5.74, 6) is -1.24. The average molecular weight is 551 g/mol. The number of benzene rings is 2. The number of pyridine rings is 1. The van der Waals surface area contributed by atoms with Crippen molar-refractivity contribution in [2.45, 2.75) is 24.8 Å². The van der Waals surface area contributed by atoms with Crippen LogP contribution in [0.25, 0.3) is 21.7 Å². The van der Waals surface area contributed by atoms with Gasteiger partial charge in [-0.3, -0.25) is 14.6 Å². The first-order valence-electron chi connectivity index (χ1n) is 11.7. The molecule has 0 saturated carbocycles. The number of carbonyl (C=O) groups excluding carboxylic acids is 2. The highest BCUT2D eigenvalue weighted by molar-refractivity contribution is 7.89. The van der Waals surface area contributed by atoms with Gasteiger partial charge in [0.2, 0.25) is 10.0 Å². The maximum atomic E-state index is 12.8. The fourth-order valence-electron chi connectivity index (χ4n) is 3.59. The fourth-order valence-corrected chi connectivity index (χ4v) is 5.73. The summed E-state index contributed by atoms with van der Waals surface area (Å²) >= 11 is 1.38. The first-order valence-corrected chi connectivity index (χ1v) is 14.0. The Hall–Kier alpha value is -3.93. The van der Waals surface area contributed by atoms with Crippen LogP contribution in [0.1, 0.15) is 24.3 Å². The molecule has 0 saturated heterocycles. The molecule has 0 aliphatic rings. The Morgan fingerprint density at radius 2 is 1.50 bits per heavy atom. The molecule has 0 spiro atoms. The lowest BCUT2D eigenvalue weighted by Gasteiger charge is -2.19. The minimum Gasteiger partial charge on any atom is -0.468 e. The van der Waals surface area contributed by atoms with E-state index in [9.17, 15) is 18.0 Å². The summed E-state index contributed by atoms with van der Waals surface area (Å²) in [7, 11) is -2.71. The van der Waals surface area contributed by atoms with Crippen molar-refractivity contribution in [2.75, 3.05) is 12.4 Å². The van der Waals surface area contributed by atoms with Crippen LogP contribution < -0.4 is 10.0 Å². The van der Waals surface area contributed by atoms with Gasteiger partial charge in [0, 0.05) is 29.0 Å². The molecule has 1 amide bonds. The lowest BCUT2D eigenvalue weighted by Crippen LogP contribution is -2.44. The van der Waals surface area contributed by atoms with Crippen molar-refractivity contribution in [2.24, 2.45) is 5.92 Å². The number of hydrogen-bond donors (Lipinski definition) is 2. The molecule has 1 atom stereocenters. The van der Waals surface area contributed by atoms with Crippen LogP contribution in [0.5, 0.6) is 0 Å². The van der Waals surface area contributed by atoms with Gasteiger partial charge in [0.1, 0.15) is 16.7 Å².